The second-order valence-corrected chi connectivity index (χ2v) is 7.70. The number of pyridine rings is 1. The maximum absolute atomic E-state index is 14.7. The molecule has 0 saturated heterocycles. The van der Waals surface area contributed by atoms with Gasteiger partial charge in [-0.2, -0.15) is 0 Å². The Kier molecular flexibility index (Phi) is 5.40. The van der Waals surface area contributed by atoms with Gasteiger partial charge in [0.1, 0.15) is 5.67 Å². The molecule has 0 unspecified atom stereocenters. The van der Waals surface area contributed by atoms with E-state index in [1.807, 2.05) is 6.20 Å². The van der Waals surface area contributed by atoms with Crippen molar-refractivity contribution < 1.29 is 14.3 Å². The summed E-state index contributed by atoms with van der Waals surface area (Å²) in [4.78, 5) is 15.2. The number of hydrogen-bond donors (Lipinski definition) is 2. The van der Waals surface area contributed by atoms with Crippen LogP contribution >= 0.6 is 0 Å². The Labute approximate surface area is 137 Å². The highest BCUT2D eigenvalue weighted by atomic mass is 19.1. The number of carboxylic acids is 1. The molecule has 5 heteroatoms. The van der Waals surface area contributed by atoms with Crippen LogP contribution in [0, 0.1) is 5.92 Å². The molecule has 128 valence electrons. The van der Waals surface area contributed by atoms with Gasteiger partial charge in [-0.05, 0) is 42.2 Å². The molecule has 0 bridgehead atoms. The smallest absolute Gasteiger partial charge is 0.306 e. The summed E-state index contributed by atoms with van der Waals surface area (Å²) in [5.41, 5.74) is 0.953. The number of aromatic nitrogens is 1. The molecule has 2 N–H and O–H groups in total. The van der Waals surface area contributed by atoms with Gasteiger partial charge < -0.3 is 10.4 Å². The van der Waals surface area contributed by atoms with Gasteiger partial charge in [0.15, 0.2) is 0 Å². The summed E-state index contributed by atoms with van der Waals surface area (Å²) < 4.78 is 14.7. The van der Waals surface area contributed by atoms with Crippen molar-refractivity contribution in [2.45, 2.75) is 64.1 Å². The molecule has 1 aliphatic carbocycles. The average molecular weight is 322 g/mol. The Morgan fingerprint density at radius 3 is 2.61 bits per heavy atom. The maximum atomic E-state index is 14.7. The Balaban J connectivity index is 1.84. The number of rotatable bonds is 5. The zero-order valence-corrected chi connectivity index (χ0v) is 14.2. The fraction of sp³-hybridized carbons (Fsp3) is 0.667. The molecule has 1 aromatic heterocycles. The summed E-state index contributed by atoms with van der Waals surface area (Å²) in [6.07, 6.45) is 5.15. The van der Waals surface area contributed by atoms with Gasteiger partial charge in [-0.15, -0.1) is 0 Å². The van der Waals surface area contributed by atoms with Crippen LogP contribution < -0.4 is 5.32 Å². The highest BCUT2D eigenvalue weighted by Crippen LogP contribution is 2.34. The lowest BCUT2D eigenvalue weighted by Gasteiger charge is -2.32. The fourth-order valence-electron chi connectivity index (χ4n) is 2.98. The molecule has 1 aromatic rings. The molecule has 2 rings (SSSR count). The minimum Gasteiger partial charge on any atom is -0.481 e. The first-order chi connectivity index (χ1) is 10.7. The highest BCUT2D eigenvalue weighted by molar-refractivity contribution is 5.70. The van der Waals surface area contributed by atoms with Crippen LogP contribution in [0.5, 0.6) is 0 Å². The molecule has 0 aliphatic heterocycles. The van der Waals surface area contributed by atoms with E-state index in [2.05, 4.69) is 37.1 Å². The van der Waals surface area contributed by atoms with Gasteiger partial charge in [0.05, 0.1) is 5.92 Å². The van der Waals surface area contributed by atoms with Crippen molar-refractivity contribution in [1.82, 2.24) is 10.3 Å². The first-order valence-electron chi connectivity index (χ1n) is 8.26. The molecule has 0 aromatic carbocycles. The Hall–Kier alpha value is -1.49. The normalized spacial score (nSPS) is 25.3. The van der Waals surface area contributed by atoms with Crippen LogP contribution in [-0.2, 0) is 16.8 Å². The Bertz CT molecular complexity index is 546. The van der Waals surface area contributed by atoms with Crippen LogP contribution in [0.3, 0.4) is 0 Å². The monoisotopic (exact) mass is 322 g/mol. The summed E-state index contributed by atoms with van der Waals surface area (Å²) in [6.45, 7) is 7.25. The third kappa shape index (κ3) is 4.99. The molecule has 0 amide bonds. The van der Waals surface area contributed by atoms with Crippen molar-refractivity contribution in [3.8, 4) is 0 Å². The predicted octanol–water partition coefficient (Wildman–Crippen LogP) is 3.45. The van der Waals surface area contributed by atoms with E-state index in [9.17, 15) is 9.18 Å². The third-order valence-corrected chi connectivity index (χ3v) is 4.66. The number of nitrogens with zero attached hydrogens (tertiary/aromatic N) is 1. The molecule has 0 radical (unpaired) electrons. The van der Waals surface area contributed by atoms with E-state index in [1.165, 1.54) is 0 Å². The number of halogens is 1. The zero-order valence-electron chi connectivity index (χ0n) is 14.2. The number of carbonyl (C=O) groups is 1. The van der Waals surface area contributed by atoms with E-state index in [-0.39, 0.29) is 17.9 Å². The van der Waals surface area contributed by atoms with E-state index in [4.69, 9.17) is 5.11 Å². The number of carboxylic acid groups (broad SMARTS) is 1. The van der Waals surface area contributed by atoms with Gasteiger partial charge in [0.2, 0.25) is 0 Å². The van der Waals surface area contributed by atoms with Crippen LogP contribution in [-0.4, -0.2) is 28.3 Å². The van der Waals surface area contributed by atoms with Crippen LogP contribution in [0.4, 0.5) is 4.39 Å². The van der Waals surface area contributed by atoms with E-state index in [1.54, 1.807) is 6.20 Å². The zero-order chi connectivity index (χ0) is 17.1. The highest BCUT2D eigenvalue weighted by Gasteiger charge is 2.37. The van der Waals surface area contributed by atoms with Crippen LogP contribution in [0.15, 0.2) is 18.5 Å². The van der Waals surface area contributed by atoms with Gasteiger partial charge in [-0.1, -0.05) is 26.8 Å². The second-order valence-electron chi connectivity index (χ2n) is 7.70. The summed E-state index contributed by atoms with van der Waals surface area (Å²) in [7, 11) is 0. The lowest BCUT2D eigenvalue weighted by molar-refractivity contribution is -0.143. The van der Waals surface area contributed by atoms with Crippen LogP contribution in [0.25, 0.3) is 0 Å². The van der Waals surface area contributed by atoms with E-state index >= 15 is 0 Å². The van der Waals surface area contributed by atoms with E-state index in [0.717, 1.165) is 11.1 Å². The molecular weight excluding hydrogens is 295 g/mol. The van der Waals surface area contributed by atoms with E-state index < -0.39 is 11.6 Å². The SMILES string of the molecule is CC(C)(C)c1cncc(CNCC2(F)CCC(C(=O)O)CC2)c1. The third-order valence-electron chi connectivity index (χ3n) is 4.66. The van der Waals surface area contributed by atoms with Crippen molar-refractivity contribution in [2.24, 2.45) is 5.92 Å². The van der Waals surface area contributed by atoms with Crippen LogP contribution in [0.1, 0.15) is 57.6 Å². The molecule has 1 saturated carbocycles. The minimum atomic E-state index is -1.29. The summed E-state index contributed by atoms with van der Waals surface area (Å²) in [5, 5.41) is 12.2. The first-order valence-corrected chi connectivity index (χ1v) is 8.26. The number of nitrogens with one attached hydrogen (secondary N) is 1. The quantitative estimate of drug-likeness (QED) is 0.871. The molecule has 4 nitrogen and oxygen atoms in total. The fourth-order valence-corrected chi connectivity index (χ4v) is 2.98. The maximum Gasteiger partial charge on any atom is 0.306 e. The van der Waals surface area contributed by atoms with Crippen molar-refractivity contribution in [1.29, 1.82) is 0 Å². The van der Waals surface area contributed by atoms with E-state index in [0.29, 0.717) is 32.2 Å². The van der Waals surface area contributed by atoms with Gasteiger partial charge in [0.25, 0.3) is 0 Å². The van der Waals surface area contributed by atoms with Gasteiger partial charge >= 0.3 is 5.97 Å². The summed E-state index contributed by atoms with van der Waals surface area (Å²) in [6, 6.07) is 2.10. The van der Waals surface area contributed by atoms with Crippen molar-refractivity contribution in [3.63, 3.8) is 0 Å². The largest absolute Gasteiger partial charge is 0.481 e. The number of hydrogen-bond acceptors (Lipinski definition) is 3. The Morgan fingerprint density at radius 1 is 1.39 bits per heavy atom. The topological polar surface area (TPSA) is 62.2 Å². The van der Waals surface area contributed by atoms with Crippen molar-refractivity contribution >= 4 is 5.97 Å². The summed E-state index contributed by atoms with van der Waals surface area (Å²) >= 11 is 0. The standard InChI is InChI=1S/C18H27FN2O2/c1-17(2,3)15-8-13(9-20-11-15)10-21-12-18(19)6-4-14(5-7-18)16(22)23/h8-9,11,14,21H,4-7,10,12H2,1-3H3,(H,22,23). The molecule has 23 heavy (non-hydrogen) atoms. The molecule has 0 atom stereocenters. The molecular formula is C18H27FN2O2. The first kappa shape index (κ1) is 17.9. The number of aliphatic carboxylic acids is 1. The molecule has 1 aliphatic rings. The Morgan fingerprint density at radius 2 is 2.04 bits per heavy atom. The molecule has 0 spiro atoms. The number of alkyl halides is 1. The lowest BCUT2D eigenvalue weighted by Crippen LogP contribution is -2.40. The van der Waals surface area contributed by atoms with Crippen molar-refractivity contribution in [3.05, 3.63) is 29.6 Å². The average Bonchev–Trinajstić information content (AvgIpc) is 2.47. The summed E-state index contributed by atoms with van der Waals surface area (Å²) in [5.74, 6) is -1.18. The van der Waals surface area contributed by atoms with Gasteiger partial charge in [-0.25, -0.2) is 4.39 Å². The van der Waals surface area contributed by atoms with Crippen LogP contribution in [0.2, 0.25) is 0 Å². The lowest BCUT2D eigenvalue weighted by atomic mass is 9.80. The minimum absolute atomic E-state index is 0.0412. The van der Waals surface area contributed by atoms with Gasteiger partial charge in [0, 0.05) is 25.5 Å². The molecule has 1 fully saturated rings. The predicted molar refractivity (Wildman–Crippen MR) is 88.1 cm³/mol. The van der Waals surface area contributed by atoms with Gasteiger partial charge in [-0.3, -0.25) is 9.78 Å². The second kappa shape index (κ2) is 6.95. The molecule has 1 heterocycles. The van der Waals surface area contributed by atoms with Crippen molar-refractivity contribution in [2.75, 3.05) is 6.54 Å².